The van der Waals surface area contributed by atoms with Gasteiger partial charge in [-0.15, -0.1) is 0 Å². The molecule has 1 saturated heterocycles. The van der Waals surface area contributed by atoms with Crippen LogP contribution in [0.15, 0.2) is 24.3 Å². The van der Waals surface area contributed by atoms with Gasteiger partial charge >= 0.3 is 0 Å². The van der Waals surface area contributed by atoms with Crippen LogP contribution in [0.3, 0.4) is 0 Å². The summed E-state index contributed by atoms with van der Waals surface area (Å²) in [4.78, 5) is 2.40. The molecule has 0 unspecified atom stereocenters. The maximum Gasteiger partial charge on any atom is 0.119 e. The second kappa shape index (κ2) is 6.74. The molecule has 0 aliphatic carbocycles. The van der Waals surface area contributed by atoms with E-state index in [9.17, 15) is 0 Å². The Balaban J connectivity index is 1.79. The maximum atomic E-state index is 8.63. The van der Waals surface area contributed by atoms with Crippen LogP contribution in [-0.2, 0) is 11.2 Å². The first-order valence-corrected chi connectivity index (χ1v) is 7.03. The fraction of sp³-hybridized carbons (Fsp3) is 0.562. The van der Waals surface area contributed by atoms with Crippen LogP contribution in [-0.4, -0.2) is 43.3 Å². The molecule has 1 aromatic rings. The van der Waals surface area contributed by atoms with Crippen LogP contribution in [0.5, 0.6) is 5.75 Å². The maximum absolute atomic E-state index is 8.63. The van der Waals surface area contributed by atoms with Gasteiger partial charge in [-0.25, -0.2) is 0 Å². The summed E-state index contributed by atoms with van der Waals surface area (Å²) in [5.41, 5.74) is 1.10. The summed E-state index contributed by atoms with van der Waals surface area (Å²) in [6.45, 7) is 8.49. The molecule has 0 radical (unpaired) electrons. The van der Waals surface area contributed by atoms with Crippen LogP contribution in [0.4, 0.5) is 0 Å². The standard InChI is InChI=1S/C16H22N2O2/c1-16(2)13-19-11-9-18(16)10-12-20-15-5-3-14(4-6-15)7-8-17/h3-6H,7,9-13H2,1-2H3. The van der Waals surface area contributed by atoms with Crippen molar-refractivity contribution >= 4 is 0 Å². The van der Waals surface area contributed by atoms with Gasteiger partial charge in [-0.05, 0) is 31.5 Å². The third-order valence-corrected chi connectivity index (χ3v) is 3.65. The number of nitrogens with zero attached hydrogens (tertiary/aromatic N) is 2. The first kappa shape index (κ1) is 14.8. The number of ether oxygens (including phenoxy) is 2. The van der Waals surface area contributed by atoms with Crippen LogP contribution < -0.4 is 4.74 Å². The minimum Gasteiger partial charge on any atom is -0.492 e. The Kier molecular flexibility index (Phi) is 4.99. The van der Waals surface area contributed by atoms with E-state index in [0.717, 1.165) is 37.6 Å². The van der Waals surface area contributed by atoms with Crippen molar-refractivity contribution in [2.75, 3.05) is 32.9 Å². The molecule has 0 spiro atoms. The van der Waals surface area contributed by atoms with Crippen LogP contribution in [0.25, 0.3) is 0 Å². The Bertz CT molecular complexity index is 462. The lowest BCUT2D eigenvalue weighted by Crippen LogP contribution is -2.54. The van der Waals surface area contributed by atoms with Crippen molar-refractivity contribution in [3.05, 3.63) is 29.8 Å². The number of rotatable bonds is 5. The summed E-state index contributed by atoms with van der Waals surface area (Å²) in [7, 11) is 0. The molecule has 0 amide bonds. The van der Waals surface area contributed by atoms with Crippen LogP contribution in [0.2, 0.25) is 0 Å². The zero-order valence-corrected chi connectivity index (χ0v) is 12.3. The van der Waals surface area contributed by atoms with E-state index in [1.54, 1.807) is 0 Å². The molecular formula is C16H22N2O2. The second-order valence-corrected chi connectivity index (χ2v) is 5.68. The fourth-order valence-electron chi connectivity index (χ4n) is 2.37. The van der Waals surface area contributed by atoms with Gasteiger partial charge in [-0.1, -0.05) is 12.1 Å². The molecule has 2 rings (SSSR count). The highest BCUT2D eigenvalue weighted by molar-refractivity contribution is 5.28. The van der Waals surface area contributed by atoms with Gasteiger partial charge in [0.05, 0.1) is 25.7 Å². The molecule has 1 aliphatic rings. The third kappa shape index (κ3) is 3.96. The molecule has 0 bridgehead atoms. The Hall–Kier alpha value is -1.57. The number of nitriles is 1. The Labute approximate surface area is 120 Å². The van der Waals surface area contributed by atoms with Crippen LogP contribution in [0.1, 0.15) is 19.4 Å². The van der Waals surface area contributed by atoms with E-state index in [-0.39, 0.29) is 5.54 Å². The molecule has 1 aliphatic heterocycles. The van der Waals surface area contributed by atoms with E-state index in [2.05, 4.69) is 24.8 Å². The van der Waals surface area contributed by atoms with E-state index in [0.29, 0.717) is 13.0 Å². The molecule has 1 aromatic carbocycles. The van der Waals surface area contributed by atoms with Gasteiger partial charge in [0.15, 0.2) is 0 Å². The fourth-order valence-corrected chi connectivity index (χ4v) is 2.37. The summed E-state index contributed by atoms with van der Waals surface area (Å²) < 4.78 is 11.3. The summed E-state index contributed by atoms with van der Waals surface area (Å²) in [5, 5.41) is 8.63. The molecule has 20 heavy (non-hydrogen) atoms. The smallest absolute Gasteiger partial charge is 0.119 e. The Morgan fingerprint density at radius 2 is 2.10 bits per heavy atom. The van der Waals surface area contributed by atoms with Gasteiger partial charge in [-0.2, -0.15) is 5.26 Å². The molecule has 1 fully saturated rings. The summed E-state index contributed by atoms with van der Waals surface area (Å²) in [6, 6.07) is 9.88. The molecule has 1 heterocycles. The second-order valence-electron chi connectivity index (χ2n) is 5.68. The van der Waals surface area contributed by atoms with Gasteiger partial charge < -0.3 is 9.47 Å². The Morgan fingerprint density at radius 3 is 2.75 bits per heavy atom. The van der Waals surface area contributed by atoms with Gasteiger partial charge in [0.2, 0.25) is 0 Å². The van der Waals surface area contributed by atoms with Crippen LogP contribution in [0, 0.1) is 11.3 Å². The molecule has 0 saturated carbocycles. The largest absolute Gasteiger partial charge is 0.492 e. The zero-order valence-electron chi connectivity index (χ0n) is 12.3. The SMILES string of the molecule is CC1(C)COCCN1CCOc1ccc(CC#N)cc1. The highest BCUT2D eigenvalue weighted by Gasteiger charge is 2.29. The lowest BCUT2D eigenvalue weighted by Gasteiger charge is -2.41. The normalized spacial score (nSPS) is 18.4. The van der Waals surface area contributed by atoms with E-state index >= 15 is 0 Å². The molecule has 0 aromatic heterocycles. The molecule has 0 N–H and O–H groups in total. The lowest BCUT2D eigenvalue weighted by atomic mass is 10.0. The molecular weight excluding hydrogens is 252 g/mol. The van der Waals surface area contributed by atoms with Crippen LogP contribution >= 0.6 is 0 Å². The van der Waals surface area contributed by atoms with E-state index < -0.39 is 0 Å². The van der Waals surface area contributed by atoms with Crippen molar-refractivity contribution in [2.45, 2.75) is 25.8 Å². The zero-order chi connectivity index (χ0) is 14.4. The van der Waals surface area contributed by atoms with Crippen molar-refractivity contribution in [3.63, 3.8) is 0 Å². The van der Waals surface area contributed by atoms with Crippen molar-refractivity contribution in [1.82, 2.24) is 4.90 Å². The van der Waals surface area contributed by atoms with E-state index in [1.165, 1.54) is 0 Å². The predicted molar refractivity (Wildman–Crippen MR) is 77.7 cm³/mol. The first-order valence-electron chi connectivity index (χ1n) is 7.03. The third-order valence-electron chi connectivity index (χ3n) is 3.65. The lowest BCUT2D eigenvalue weighted by molar-refractivity contribution is -0.0547. The number of hydrogen-bond donors (Lipinski definition) is 0. The van der Waals surface area contributed by atoms with Gasteiger partial charge in [0, 0.05) is 18.6 Å². The first-order chi connectivity index (χ1) is 9.62. The Morgan fingerprint density at radius 1 is 1.35 bits per heavy atom. The highest BCUT2D eigenvalue weighted by Crippen LogP contribution is 2.19. The van der Waals surface area contributed by atoms with Crippen molar-refractivity contribution in [2.24, 2.45) is 0 Å². The minimum atomic E-state index is 0.0816. The number of hydrogen-bond acceptors (Lipinski definition) is 4. The summed E-state index contributed by atoms with van der Waals surface area (Å²) in [5.74, 6) is 0.859. The monoisotopic (exact) mass is 274 g/mol. The summed E-state index contributed by atoms with van der Waals surface area (Å²) >= 11 is 0. The van der Waals surface area contributed by atoms with E-state index in [1.807, 2.05) is 24.3 Å². The molecule has 0 atom stereocenters. The van der Waals surface area contributed by atoms with Crippen molar-refractivity contribution < 1.29 is 9.47 Å². The van der Waals surface area contributed by atoms with Crippen molar-refractivity contribution in [1.29, 1.82) is 5.26 Å². The molecule has 4 nitrogen and oxygen atoms in total. The average molecular weight is 274 g/mol. The topological polar surface area (TPSA) is 45.5 Å². The molecule has 108 valence electrons. The predicted octanol–water partition coefficient (Wildman–Crippen LogP) is 2.24. The quantitative estimate of drug-likeness (QED) is 0.826. The molecule has 4 heteroatoms. The number of benzene rings is 1. The van der Waals surface area contributed by atoms with Gasteiger partial charge in [0.25, 0.3) is 0 Å². The van der Waals surface area contributed by atoms with Crippen molar-refractivity contribution in [3.8, 4) is 11.8 Å². The average Bonchev–Trinajstić information content (AvgIpc) is 2.43. The van der Waals surface area contributed by atoms with Gasteiger partial charge in [0.1, 0.15) is 12.4 Å². The highest BCUT2D eigenvalue weighted by atomic mass is 16.5. The number of morpholine rings is 1. The summed E-state index contributed by atoms with van der Waals surface area (Å²) in [6.07, 6.45) is 0.447. The minimum absolute atomic E-state index is 0.0816. The van der Waals surface area contributed by atoms with Gasteiger partial charge in [-0.3, -0.25) is 4.90 Å². The van der Waals surface area contributed by atoms with E-state index in [4.69, 9.17) is 14.7 Å².